The van der Waals surface area contributed by atoms with Crippen molar-refractivity contribution in [1.82, 2.24) is 19.7 Å². The lowest BCUT2D eigenvalue weighted by Crippen LogP contribution is -2.33. The summed E-state index contributed by atoms with van der Waals surface area (Å²) in [6, 6.07) is 8.82. The van der Waals surface area contributed by atoms with Gasteiger partial charge in [0.05, 0.1) is 6.20 Å². The van der Waals surface area contributed by atoms with E-state index in [0.717, 1.165) is 46.5 Å². The maximum absolute atomic E-state index is 4.56. The summed E-state index contributed by atoms with van der Waals surface area (Å²) >= 11 is 0. The predicted molar refractivity (Wildman–Crippen MR) is 107 cm³/mol. The molecule has 3 aromatic rings. The van der Waals surface area contributed by atoms with Crippen LogP contribution in [-0.4, -0.2) is 38.8 Å². The number of nitrogens with one attached hydrogen (secondary N) is 1. The molecule has 0 spiro atoms. The molecule has 26 heavy (non-hydrogen) atoms. The number of aromatic nitrogens is 3. The topological polar surface area (TPSA) is 46.0 Å². The van der Waals surface area contributed by atoms with E-state index in [1.165, 1.54) is 12.8 Å². The highest BCUT2D eigenvalue weighted by molar-refractivity contribution is 5.88. The van der Waals surface area contributed by atoms with Gasteiger partial charge in [-0.05, 0) is 55.9 Å². The summed E-state index contributed by atoms with van der Waals surface area (Å²) in [5.74, 6) is 0.844. The van der Waals surface area contributed by atoms with Gasteiger partial charge in [-0.25, -0.2) is 4.98 Å². The molecule has 1 aliphatic rings. The first kappa shape index (κ1) is 16.8. The van der Waals surface area contributed by atoms with Crippen LogP contribution in [0.2, 0.25) is 0 Å². The van der Waals surface area contributed by atoms with E-state index >= 15 is 0 Å². The number of anilines is 1. The Kier molecular flexibility index (Phi) is 4.47. The molecule has 2 aromatic heterocycles. The van der Waals surface area contributed by atoms with Crippen LogP contribution in [0, 0.1) is 0 Å². The molecule has 5 heteroatoms. The van der Waals surface area contributed by atoms with Crippen molar-refractivity contribution in [3.05, 3.63) is 55.1 Å². The Morgan fingerprint density at radius 3 is 2.65 bits per heavy atom. The molecule has 3 heterocycles. The van der Waals surface area contributed by atoms with Gasteiger partial charge in [0, 0.05) is 42.1 Å². The lowest BCUT2D eigenvalue weighted by atomic mass is 10.0. The molecule has 1 aromatic carbocycles. The molecular weight excluding hydrogens is 322 g/mol. The molecule has 0 saturated carbocycles. The summed E-state index contributed by atoms with van der Waals surface area (Å²) in [6.45, 7) is 8.76. The van der Waals surface area contributed by atoms with Crippen LogP contribution in [0.3, 0.4) is 0 Å². The molecule has 1 aliphatic heterocycles. The second kappa shape index (κ2) is 6.92. The van der Waals surface area contributed by atoms with Crippen LogP contribution in [0.15, 0.2) is 55.1 Å². The zero-order valence-electron chi connectivity index (χ0n) is 15.4. The first-order chi connectivity index (χ1) is 12.6. The zero-order chi connectivity index (χ0) is 18.1. The van der Waals surface area contributed by atoms with Crippen molar-refractivity contribution >= 4 is 16.6 Å². The van der Waals surface area contributed by atoms with E-state index in [2.05, 4.69) is 58.1 Å². The number of aryl methyl sites for hydroxylation is 1. The van der Waals surface area contributed by atoms with E-state index in [0.29, 0.717) is 6.04 Å². The van der Waals surface area contributed by atoms with Crippen LogP contribution in [0.5, 0.6) is 0 Å². The van der Waals surface area contributed by atoms with Crippen molar-refractivity contribution in [2.45, 2.75) is 25.8 Å². The minimum atomic E-state index is 0.316. The SMILES string of the molecule is C=C(Nc1cc2cc(-c3cnn(C)c3)ccc2cn1)C(C)N1CCCC1. The van der Waals surface area contributed by atoms with Crippen molar-refractivity contribution in [2.24, 2.45) is 7.05 Å². The monoisotopic (exact) mass is 347 g/mol. The smallest absolute Gasteiger partial charge is 0.130 e. The highest BCUT2D eigenvalue weighted by Gasteiger charge is 2.20. The van der Waals surface area contributed by atoms with Gasteiger partial charge in [0.2, 0.25) is 0 Å². The molecule has 0 radical (unpaired) electrons. The number of nitrogens with zero attached hydrogens (tertiary/aromatic N) is 4. The minimum Gasteiger partial charge on any atom is -0.343 e. The van der Waals surface area contributed by atoms with Gasteiger partial charge in [-0.1, -0.05) is 18.7 Å². The van der Waals surface area contributed by atoms with Crippen LogP contribution in [0.1, 0.15) is 19.8 Å². The minimum absolute atomic E-state index is 0.316. The molecule has 1 saturated heterocycles. The maximum Gasteiger partial charge on any atom is 0.130 e. The first-order valence-corrected chi connectivity index (χ1v) is 9.19. The van der Waals surface area contributed by atoms with Gasteiger partial charge in [-0.2, -0.15) is 5.10 Å². The second-order valence-electron chi connectivity index (χ2n) is 7.10. The summed E-state index contributed by atoms with van der Waals surface area (Å²) in [5.41, 5.74) is 3.28. The van der Waals surface area contributed by atoms with E-state index in [9.17, 15) is 0 Å². The van der Waals surface area contributed by atoms with Crippen LogP contribution < -0.4 is 5.32 Å². The molecule has 0 bridgehead atoms. The third-order valence-electron chi connectivity index (χ3n) is 5.24. The Morgan fingerprint density at radius 2 is 1.92 bits per heavy atom. The van der Waals surface area contributed by atoms with Crippen molar-refractivity contribution in [1.29, 1.82) is 0 Å². The van der Waals surface area contributed by atoms with Gasteiger partial charge >= 0.3 is 0 Å². The quantitative estimate of drug-likeness (QED) is 0.756. The van der Waals surface area contributed by atoms with Gasteiger partial charge in [-0.15, -0.1) is 0 Å². The fraction of sp³-hybridized carbons (Fsp3) is 0.333. The number of pyridine rings is 1. The van der Waals surface area contributed by atoms with Crippen molar-refractivity contribution in [3.8, 4) is 11.1 Å². The zero-order valence-corrected chi connectivity index (χ0v) is 15.4. The lowest BCUT2D eigenvalue weighted by molar-refractivity contribution is 0.291. The summed E-state index contributed by atoms with van der Waals surface area (Å²) in [4.78, 5) is 7.02. The van der Waals surface area contributed by atoms with Gasteiger partial charge in [-0.3, -0.25) is 9.58 Å². The van der Waals surface area contributed by atoms with Gasteiger partial charge in [0.1, 0.15) is 5.82 Å². The number of rotatable bonds is 5. The van der Waals surface area contributed by atoms with Crippen LogP contribution in [-0.2, 0) is 7.05 Å². The molecule has 1 unspecified atom stereocenters. The molecule has 134 valence electrons. The molecule has 0 amide bonds. The number of benzene rings is 1. The Balaban J connectivity index is 1.57. The molecule has 4 rings (SSSR count). The molecule has 1 fully saturated rings. The molecule has 1 atom stereocenters. The van der Waals surface area contributed by atoms with Gasteiger partial charge in [0.15, 0.2) is 0 Å². The van der Waals surface area contributed by atoms with Crippen molar-refractivity contribution < 1.29 is 0 Å². The number of likely N-dealkylation sites (tertiary alicyclic amines) is 1. The van der Waals surface area contributed by atoms with E-state index in [4.69, 9.17) is 0 Å². The first-order valence-electron chi connectivity index (χ1n) is 9.19. The second-order valence-corrected chi connectivity index (χ2v) is 7.10. The third kappa shape index (κ3) is 3.35. The summed E-state index contributed by atoms with van der Waals surface area (Å²) < 4.78 is 1.82. The normalized spacial score (nSPS) is 16.1. The van der Waals surface area contributed by atoms with Crippen LogP contribution in [0.25, 0.3) is 21.9 Å². The third-order valence-corrected chi connectivity index (χ3v) is 5.24. The standard InChI is InChI=1S/C21H25N5/c1-15(16(2)26-8-4-5-9-26)24-21-11-19-10-17(6-7-18(19)12-22-21)20-13-23-25(3)14-20/h6-7,10-14,16H,1,4-5,8-9H2,2-3H3,(H,22,24). The lowest BCUT2D eigenvalue weighted by Gasteiger charge is -2.26. The van der Waals surface area contributed by atoms with E-state index in [1.807, 2.05) is 30.3 Å². The van der Waals surface area contributed by atoms with Crippen LogP contribution in [0.4, 0.5) is 5.82 Å². The van der Waals surface area contributed by atoms with E-state index in [-0.39, 0.29) is 0 Å². The Labute approximate surface area is 154 Å². The highest BCUT2D eigenvalue weighted by atomic mass is 15.2. The van der Waals surface area contributed by atoms with E-state index in [1.54, 1.807) is 0 Å². The molecule has 5 nitrogen and oxygen atoms in total. The number of fused-ring (bicyclic) bond motifs is 1. The van der Waals surface area contributed by atoms with Crippen molar-refractivity contribution in [2.75, 3.05) is 18.4 Å². The summed E-state index contributed by atoms with van der Waals surface area (Å²) in [7, 11) is 1.93. The maximum atomic E-state index is 4.56. The number of hydrogen-bond donors (Lipinski definition) is 1. The Morgan fingerprint density at radius 1 is 1.12 bits per heavy atom. The summed E-state index contributed by atoms with van der Waals surface area (Å²) in [5, 5.41) is 9.96. The van der Waals surface area contributed by atoms with Gasteiger partial charge in [0.25, 0.3) is 0 Å². The average Bonchev–Trinajstić information content (AvgIpc) is 3.32. The molecular formula is C21H25N5. The number of hydrogen-bond acceptors (Lipinski definition) is 4. The van der Waals surface area contributed by atoms with Crippen molar-refractivity contribution in [3.63, 3.8) is 0 Å². The average molecular weight is 347 g/mol. The Hall–Kier alpha value is -2.66. The molecule has 1 N–H and O–H groups in total. The van der Waals surface area contributed by atoms with E-state index < -0.39 is 0 Å². The van der Waals surface area contributed by atoms with Gasteiger partial charge < -0.3 is 5.32 Å². The fourth-order valence-corrected chi connectivity index (χ4v) is 3.58. The summed E-state index contributed by atoms with van der Waals surface area (Å²) in [6.07, 6.45) is 8.40. The predicted octanol–water partition coefficient (Wildman–Crippen LogP) is 4.05. The fourth-order valence-electron chi connectivity index (χ4n) is 3.58. The highest BCUT2D eigenvalue weighted by Crippen LogP contribution is 2.26. The molecule has 0 aliphatic carbocycles. The largest absolute Gasteiger partial charge is 0.343 e. The Bertz CT molecular complexity index is 936. The van der Waals surface area contributed by atoms with Crippen LogP contribution >= 0.6 is 0 Å².